The van der Waals surface area contributed by atoms with E-state index in [0.29, 0.717) is 11.8 Å². The molecule has 0 heterocycles. The van der Waals surface area contributed by atoms with Gasteiger partial charge in [0, 0.05) is 0 Å². The van der Waals surface area contributed by atoms with Gasteiger partial charge in [-0.15, -0.1) is 0 Å². The summed E-state index contributed by atoms with van der Waals surface area (Å²) in [6.45, 7) is 2.01. The minimum atomic E-state index is 0.294. The molecule has 0 amide bonds. The van der Waals surface area contributed by atoms with Crippen LogP contribution in [0, 0.1) is 11.8 Å². The van der Waals surface area contributed by atoms with E-state index in [1.807, 2.05) is 14.0 Å². The van der Waals surface area contributed by atoms with E-state index in [0.717, 1.165) is 0 Å². The zero-order valence-corrected chi connectivity index (χ0v) is 6.13. The lowest BCUT2D eigenvalue weighted by atomic mass is 10.3. The van der Waals surface area contributed by atoms with E-state index >= 15 is 0 Å². The van der Waals surface area contributed by atoms with Crippen LogP contribution in [0.15, 0.2) is 0 Å². The zero-order valence-electron chi connectivity index (χ0n) is 5.23. The Morgan fingerprint density at radius 3 is 2.75 bits per heavy atom. The average molecular weight is 129 g/mol. The maximum absolute atomic E-state index is 3.93. The molecular weight excluding hydrogens is 118 g/mol. The first-order valence-corrected chi connectivity index (χ1v) is 3.21. The lowest BCUT2D eigenvalue weighted by molar-refractivity contribution is 0.749. The molecule has 1 nitrogen and oxygen atoms in total. The van der Waals surface area contributed by atoms with Gasteiger partial charge in [0.25, 0.3) is 0 Å². The Morgan fingerprint density at radius 1 is 1.75 bits per heavy atom. The zero-order chi connectivity index (χ0) is 6.41. The van der Waals surface area contributed by atoms with Gasteiger partial charge < -0.3 is 5.32 Å². The Bertz CT molecular complexity index is 101. The Kier molecular flexibility index (Phi) is 4.93. The summed E-state index contributed by atoms with van der Waals surface area (Å²) < 4.78 is 0. The first-order valence-electron chi connectivity index (χ1n) is 2.57. The van der Waals surface area contributed by atoms with Crippen LogP contribution >= 0.6 is 12.6 Å². The number of rotatable bonds is 1. The number of hydrogen-bond acceptors (Lipinski definition) is 2. The molecule has 0 saturated heterocycles. The summed E-state index contributed by atoms with van der Waals surface area (Å²) in [5.41, 5.74) is 0. The Hall–Kier alpha value is -0.130. The smallest absolute Gasteiger partial charge is 0.0658 e. The van der Waals surface area contributed by atoms with Gasteiger partial charge in [-0.05, 0) is 14.0 Å². The molecule has 46 valence electrons. The summed E-state index contributed by atoms with van der Waals surface area (Å²) in [6, 6.07) is 0.294. The first-order chi connectivity index (χ1) is 3.81. The molecule has 0 spiro atoms. The third kappa shape index (κ3) is 4.04. The Morgan fingerprint density at radius 2 is 2.38 bits per heavy atom. The van der Waals surface area contributed by atoms with Gasteiger partial charge in [0.2, 0.25) is 0 Å². The predicted octanol–water partition coefficient (Wildman–Crippen LogP) is 0.528. The highest BCUT2D eigenvalue weighted by Gasteiger charge is 1.84. The van der Waals surface area contributed by atoms with Crippen molar-refractivity contribution in [2.45, 2.75) is 13.0 Å². The van der Waals surface area contributed by atoms with Crippen LogP contribution in [0.3, 0.4) is 0 Å². The summed E-state index contributed by atoms with van der Waals surface area (Å²) in [7, 11) is 1.89. The Labute approximate surface area is 56.3 Å². The molecule has 0 aliphatic rings. The van der Waals surface area contributed by atoms with Crippen molar-refractivity contribution in [2.24, 2.45) is 0 Å². The SMILES string of the molecule is CNC(C)C#CCS. The molecule has 0 aromatic carbocycles. The summed E-state index contributed by atoms with van der Waals surface area (Å²) >= 11 is 3.93. The molecule has 1 N–H and O–H groups in total. The van der Waals surface area contributed by atoms with E-state index in [2.05, 4.69) is 29.8 Å². The van der Waals surface area contributed by atoms with Crippen LogP contribution in [0.25, 0.3) is 0 Å². The van der Waals surface area contributed by atoms with E-state index in [1.165, 1.54) is 0 Å². The second-order valence-corrected chi connectivity index (χ2v) is 1.81. The molecule has 1 atom stereocenters. The molecule has 0 bridgehead atoms. The van der Waals surface area contributed by atoms with Gasteiger partial charge >= 0.3 is 0 Å². The molecule has 0 saturated carbocycles. The lowest BCUT2D eigenvalue weighted by Gasteiger charge is -1.96. The van der Waals surface area contributed by atoms with E-state index < -0.39 is 0 Å². The summed E-state index contributed by atoms with van der Waals surface area (Å²) in [6.07, 6.45) is 0. The maximum atomic E-state index is 3.93. The van der Waals surface area contributed by atoms with Crippen LogP contribution in [0.1, 0.15) is 6.92 Å². The van der Waals surface area contributed by atoms with Crippen molar-refractivity contribution in [1.82, 2.24) is 5.32 Å². The molecule has 8 heavy (non-hydrogen) atoms. The Balaban J connectivity index is 3.35. The summed E-state index contributed by atoms with van der Waals surface area (Å²) in [5, 5.41) is 2.99. The molecule has 0 aromatic heterocycles. The van der Waals surface area contributed by atoms with Gasteiger partial charge in [0.15, 0.2) is 0 Å². The standard InChI is InChI=1S/C6H11NS/c1-6(7-2)4-3-5-8/h6-8H,5H2,1-2H3. The van der Waals surface area contributed by atoms with Gasteiger partial charge in [-0.1, -0.05) is 11.8 Å². The number of nitrogens with one attached hydrogen (secondary N) is 1. The topological polar surface area (TPSA) is 12.0 Å². The molecule has 0 radical (unpaired) electrons. The predicted molar refractivity (Wildman–Crippen MR) is 40.2 cm³/mol. The molecule has 2 heteroatoms. The largest absolute Gasteiger partial charge is 0.307 e. The third-order valence-corrected chi connectivity index (χ3v) is 0.989. The number of thiol groups is 1. The second kappa shape index (κ2) is 5.02. The van der Waals surface area contributed by atoms with E-state index in [1.54, 1.807) is 0 Å². The molecular formula is C6H11NS. The normalized spacial score (nSPS) is 11.9. The van der Waals surface area contributed by atoms with Crippen LogP contribution < -0.4 is 5.32 Å². The van der Waals surface area contributed by atoms with Crippen LogP contribution in [-0.2, 0) is 0 Å². The quantitative estimate of drug-likeness (QED) is 0.389. The highest BCUT2D eigenvalue weighted by Crippen LogP contribution is 1.73. The van der Waals surface area contributed by atoms with E-state index in [4.69, 9.17) is 0 Å². The van der Waals surface area contributed by atoms with Crippen molar-refractivity contribution < 1.29 is 0 Å². The van der Waals surface area contributed by atoms with E-state index in [-0.39, 0.29) is 0 Å². The van der Waals surface area contributed by atoms with Gasteiger partial charge in [-0.3, -0.25) is 0 Å². The van der Waals surface area contributed by atoms with Crippen molar-refractivity contribution in [1.29, 1.82) is 0 Å². The van der Waals surface area contributed by atoms with Gasteiger partial charge in [-0.2, -0.15) is 12.6 Å². The highest BCUT2D eigenvalue weighted by molar-refractivity contribution is 7.80. The van der Waals surface area contributed by atoms with Crippen LogP contribution in [-0.4, -0.2) is 18.8 Å². The van der Waals surface area contributed by atoms with E-state index in [9.17, 15) is 0 Å². The summed E-state index contributed by atoms with van der Waals surface area (Å²) in [4.78, 5) is 0. The molecule has 1 unspecified atom stereocenters. The van der Waals surface area contributed by atoms with Crippen LogP contribution in [0.2, 0.25) is 0 Å². The molecule has 0 aliphatic heterocycles. The first kappa shape index (κ1) is 7.87. The van der Waals surface area contributed by atoms with Crippen molar-refractivity contribution >= 4 is 12.6 Å². The second-order valence-electron chi connectivity index (χ2n) is 1.49. The molecule has 0 aliphatic carbocycles. The lowest BCUT2D eigenvalue weighted by Crippen LogP contribution is -2.18. The average Bonchev–Trinajstić information content (AvgIpc) is 1.83. The third-order valence-electron chi connectivity index (χ3n) is 0.831. The maximum Gasteiger partial charge on any atom is 0.0658 e. The fraction of sp³-hybridized carbons (Fsp3) is 0.667. The molecule has 0 rings (SSSR count). The van der Waals surface area contributed by atoms with Crippen LogP contribution in [0.5, 0.6) is 0 Å². The minimum Gasteiger partial charge on any atom is -0.307 e. The van der Waals surface area contributed by atoms with Crippen LogP contribution in [0.4, 0.5) is 0 Å². The van der Waals surface area contributed by atoms with Crippen molar-refractivity contribution in [2.75, 3.05) is 12.8 Å². The van der Waals surface area contributed by atoms with Gasteiger partial charge in [-0.25, -0.2) is 0 Å². The van der Waals surface area contributed by atoms with Crippen molar-refractivity contribution in [3.63, 3.8) is 0 Å². The van der Waals surface area contributed by atoms with Gasteiger partial charge in [0.05, 0.1) is 11.8 Å². The summed E-state index contributed by atoms with van der Waals surface area (Å²) in [5.74, 6) is 6.44. The minimum absolute atomic E-state index is 0.294. The van der Waals surface area contributed by atoms with Gasteiger partial charge in [0.1, 0.15) is 0 Å². The van der Waals surface area contributed by atoms with Crippen molar-refractivity contribution in [3.8, 4) is 11.8 Å². The highest BCUT2D eigenvalue weighted by atomic mass is 32.1. The monoisotopic (exact) mass is 129 g/mol. The molecule has 0 aromatic rings. The molecule has 0 fully saturated rings. The fourth-order valence-corrected chi connectivity index (χ4v) is 0.362. The van der Waals surface area contributed by atoms with Crippen molar-refractivity contribution in [3.05, 3.63) is 0 Å². The number of hydrogen-bond donors (Lipinski definition) is 2. The fourth-order valence-electron chi connectivity index (χ4n) is 0.271.